The minimum Gasteiger partial charge on any atom is -0.289 e. The van der Waals surface area contributed by atoms with Crippen molar-refractivity contribution >= 4 is 0 Å². The molecule has 1 aliphatic carbocycles. The first-order chi connectivity index (χ1) is 7.66. The van der Waals surface area contributed by atoms with Crippen molar-refractivity contribution in [2.24, 2.45) is 23.7 Å². The molecule has 0 aromatic carbocycles. The van der Waals surface area contributed by atoms with Crippen molar-refractivity contribution in [2.75, 3.05) is 0 Å². The minimum atomic E-state index is 0.449. The molecule has 2 saturated heterocycles. The molecular weight excluding hydrogens is 206 g/mol. The Balaban J connectivity index is 2.38. The predicted molar refractivity (Wildman–Crippen MR) is 75.1 cm³/mol. The lowest BCUT2D eigenvalue weighted by molar-refractivity contribution is -0.261. The van der Waals surface area contributed by atoms with Crippen LogP contribution in [-0.2, 0) is 0 Å². The van der Waals surface area contributed by atoms with E-state index in [0.717, 1.165) is 23.7 Å². The Morgan fingerprint density at radius 3 is 1.65 bits per heavy atom. The number of rotatable bonds is 2. The number of piperidine rings is 1. The second-order valence-corrected chi connectivity index (χ2v) is 7.75. The summed E-state index contributed by atoms with van der Waals surface area (Å²) >= 11 is 0. The molecule has 3 rings (SSSR count). The van der Waals surface area contributed by atoms with Gasteiger partial charge in [0.1, 0.15) is 0 Å². The average molecular weight is 237 g/mol. The van der Waals surface area contributed by atoms with Gasteiger partial charge in [-0.2, -0.15) is 0 Å². The fraction of sp³-hybridized carbons (Fsp3) is 1.00. The lowest BCUT2D eigenvalue weighted by atomic mass is 9.46. The number of nitrogens with zero attached hydrogens (tertiary/aromatic N) is 1. The lowest BCUT2D eigenvalue weighted by Gasteiger charge is -2.76. The molecule has 4 unspecified atom stereocenters. The van der Waals surface area contributed by atoms with Crippen LogP contribution in [-0.4, -0.2) is 22.0 Å². The third-order valence-corrected chi connectivity index (χ3v) is 6.22. The fourth-order valence-corrected chi connectivity index (χ4v) is 5.74. The Bertz CT molecular complexity index is 287. The molecule has 4 atom stereocenters. The molecular formula is C16H31N. The van der Waals surface area contributed by atoms with Crippen LogP contribution in [0.25, 0.3) is 0 Å². The highest BCUT2D eigenvalue weighted by atomic mass is 15.4. The summed E-state index contributed by atoms with van der Waals surface area (Å²) in [6, 6.07) is 0.678. The van der Waals surface area contributed by atoms with Crippen LogP contribution in [0.5, 0.6) is 0 Å². The summed E-state index contributed by atoms with van der Waals surface area (Å²) in [6.07, 6.45) is 1.39. The Kier molecular flexibility index (Phi) is 2.94. The summed E-state index contributed by atoms with van der Waals surface area (Å²) in [5.74, 6) is 3.34. The first kappa shape index (κ1) is 13.4. The smallest absolute Gasteiger partial charge is 0.0235 e. The standard InChI is InChI=1S/C16H31N/c1-10(2)14-12(5)15(7)9-16(8,13(14)6)17(15)11(3)4/h10-14H,9H2,1-8H3. The van der Waals surface area contributed by atoms with E-state index in [1.807, 2.05) is 0 Å². The topological polar surface area (TPSA) is 3.24 Å². The zero-order chi connectivity index (χ0) is 13.2. The summed E-state index contributed by atoms with van der Waals surface area (Å²) in [4.78, 5) is 2.81. The van der Waals surface area contributed by atoms with E-state index in [1.165, 1.54) is 6.42 Å². The van der Waals surface area contributed by atoms with E-state index in [0.29, 0.717) is 17.1 Å². The van der Waals surface area contributed by atoms with E-state index in [-0.39, 0.29) is 0 Å². The molecule has 1 saturated carbocycles. The third-order valence-electron chi connectivity index (χ3n) is 6.22. The maximum absolute atomic E-state index is 2.81. The molecule has 1 heteroatoms. The maximum Gasteiger partial charge on any atom is 0.0235 e. The van der Waals surface area contributed by atoms with Gasteiger partial charge in [-0.1, -0.05) is 27.7 Å². The highest BCUT2D eigenvalue weighted by Crippen LogP contribution is 2.63. The van der Waals surface area contributed by atoms with E-state index < -0.39 is 0 Å². The van der Waals surface area contributed by atoms with Gasteiger partial charge in [0, 0.05) is 17.1 Å². The van der Waals surface area contributed by atoms with E-state index in [4.69, 9.17) is 0 Å². The minimum absolute atomic E-state index is 0.449. The highest BCUT2D eigenvalue weighted by Gasteiger charge is 2.68. The van der Waals surface area contributed by atoms with E-state index in [1.54, 1.807) is 0 Å². The molecule has 100 valence electrons. The van der Waals surface area contributed by atoms with Gasteiger partial charge in [-0.15, -0.1) is 0 Å². The van der Waals surface area contributed by atoms with Crippen molar-refractivity contribution < 1.29 is 0 Å². The molecule has 2 bridgehead atoms. The van der Waals surface area contributed by atoms with Crippen LogP contribution in [0.15, 0.2) is 0 Å². The molecule has 0 aromatic heterocycles. The Morgan fingerprint density at radius 1 is 0.941 bits per heavy atom. The van der Waals surface area contributed by atoms with E-state index >= 15 is 0 Å². The van der Waals surface area contributed by atoms with Gasteiger partial charge >= 0.3 is 0 Å². The molecule has 3 fully saturated rings. The van der Waals surface area contributed by atoms with Crippen LogP contribution in [0.1, 0.15) is 61.8 Å². The SMILES string of the molecule is CC(C)C1C(C)C2(C)CC(C)(C1C)N2C(C)C. The van der Waals surface area contributed by atoms with Crippen molar-refractivity contribution in [3.8, 4) is 0 Å². The highest BCUT2D eigenvalue weighted by molar-refractivity contribution is 5.22. The second-order valence-electron chi connectivity index (χ2n) is 7.75. The number of hydrogen-bond acceptors (Lipinski definition) is 1. The van der Waals surface area contributed by atoms with Gasteiger partial charge in [-0.25, -0.2) is 0 Å². The Labute approximate surface area is 108 Å². The monoisotopic (exact) mass is 237 g/mol. The van der Waals surface area contributed by atoms with Gasteiger partial charge in [0.25, 0.3) is 0 Å². The molecule has 3 aliphatic rings. The molecule has 0 amide bonds. The van der Waals surface area contributed by atoms with Gasteiger partial charge in [0.2, 0.25) is 0 Å². The summed E-state index contributed by atoms with van der Waals surface area (Å²) in [7, 11) is 0. The molecule has 1 nitrogen and oxygen atoms in total. The first-order valence-corrected chi connectivity index (χ1v) is 7.45. The largest absolute Gasteiger partial charge is 0.289 e. The number of fused-ring (bicyclic) bond motifs is 2. The lowest BCUT2D eigenvalue weighted by Crippen LogP contribution is -2.82. The third kappa shape index (κ3) is 1.47. The van der Waals surface area contributed by atoms with Crippen molar-refractivity contribution in [2.45, 2.75) is 78.9 Å². The van der Waals surface area contributed by atoms with Crippen LogP contribution < -0.4 is 0 Å². The summed E-state index contributed by atoms with van der Waals surface area (Å²) in [5, 5.41) is 0. The second kappa shape index (κ2) is 3.73. The zero-order valence-corrected chi connectivity index (χ0v) is 13.0. The molecule has 0 N–H and O–H groups in total. The van der Waals surface area contributed by atoms with Crippen molar-refractivity contribution in [3.63, 3.8) is 0 Å². The van der Waals surface area contributed by atoms with Crippen molar-refractivity contribution in [1.82, 2.24) is 4.90 Å². The van der Waals surface area contributed by atoms with Crippen LogP contribution in [0.2, 0.25) is 0 Å². The Morgan fingerprint density at radius 2 is 1.35 bits per heavy atom. The molecule has 2 heterocycles. The quantitative estimate of drug-likeness (QED) is 0.696. The van der Waals surface area contributed by atoms with Crippen molar-refractivity contribution in [3.05, 3.63) is 0 Å². The van der Waals surface area contributed by atoms with Crippen LogP contribution in [0.3, 0.4) is 0 Å². The summed E-state index contributed by atoms with van der Waals surface area (Å²) in [5.41, 5.74) is 0.898. The molecule has 0 aromatic rings. The summed E-state index contributed by atoms with van der Waals surface area (Å²) < 4.78 is 0. The predicted octanol–water partition coefficient (Wildman–Crippen LogP) is 4.18. The van der Waals surface area contributed by atoms with Gasteiger partial charge in [-0.3, -0.25) is 4.90 Å². The van der Waals surface area contributed by atoms with E-state index in [2.05, 4.69) is 60.3 Å². The average Bonchev–Trinajstić information content (AvgIpc) is 2.12. The zero-order valence-electron chi connectivity index (χ0n) is 13.0. The van der Waals surface area contributed by atoms with Gasteiger partial charge < -0.3 is 0 Å². The normalized spacial score (nSPS) is 50.8. The van der Waals surface area contributed by atoms with Crippen LogP contribution >= 0.6 is 0 Å². The number of hydrogen-bond donors (Lipinski definition) is 0. The Hall–Kier alpha value is -0.0400. The van der Waals surface area contributed by atoms with Gasteiger partial charge in [-0.05, 0) is 57.8 Å². The summed E-state index contributed by atoms with van der Waals surface area (Å²) in [6.45, 7) is 19.5. The van der Waals surface area contributed by atoms with Crippen molar-refractivity contribution in [1.29, 1.82) is 0 Å². The van der Waals surface area contributed by atoms with Crippen LogP contribution in [0.4, 0.5) is 0 Å². The van der Waals surface area contributed by atoms with E-state index in [9.17, 15) is 0 Å². The molecule has 0 spiro atoms. The molecule has 17 heavy (non-hydrogen) atoms. The fourth-order valence-electron chi connectivity index (χ4n) is 5.74. The molecule has 2 aliphatic heterocycles. The van der Waals surface area contributed by atoms with Gasteiger partial charge in [0.05, 0.1) is 0 Å². The maximum atomic E-state index is 2.81. The first-order valence-electron chi connectivity index (χ1n) is 7.45. The van der Waals surface area contributed by atoms with Gasteiger partial charge in [0.15, 0.2) is 0 Å². The molecule has 0 radical (unpaired) electrons. The van der Waals surface area contributed by atoms with Crippen LogP contribution in [0, 0.1) is 23.7 Å².